The van der Waals surface area contributed by atoms with Gasteiger partial charge in [-0.1, -0.05) is 263 Å². The summed E-state index contributed by atoms with van der Waals surface area (Å²) in [5.41, 5.74) is 0. The Kier molecular flexibility index (Phi) is 55.8. The predicted octanol–water partition coefficient (Wildman–Crippen LogP) is 20.1. The summed E-state index contributed by atoms with van der Waals surface area (Å²) in [5, 5.41) is 0. The van der Waals surface area contributed by atoms with Crippen molar-refractivity contribution in [3.05, 3.63) is 36.5 Å². The summed E-state index contributed by atoms with van der Waals surface area (Å²) in [6, 6.07) is 0. The van der Waals surface area contributed by atoms with E-state index in [1.807, 2.05) is 0 Å². The van der Waals surface area contributed by atoms with Crippen LogP contribution in [0.2, 0.25) is 0 Å². The van der Waals surface area contributed by atoms with Crippen molar-refractivity contribution in [2.45, 2.75) is 322 Å². The largest absolute Gasteiger partial charge is 0.462 e. The first-order valence-electron chi connectivity index (χ1n) is 29.5. The van der Waals surface area contributed by atoms with Crippen molar-refractivity contribution < 1.29 is 23.8 Å². The maximum Gasteiger partial charge on any atom is 0.306 e. The Hall–Kier alpha value is -1.88. The van der Waals surface area contributed by atoms with Crippen LogP contribution in [0.1, 0.15) is 316 Å². The maximum absolute atomic E-state index is 12.8. The number of hydrogen-bond donors (Lipinski definition) is 0. The van der Waals surface area contributed by atoms with Crippen molar-refractivity contribution >= 4 is 11.9 Å². The lowest BCUT2D eigenvalue weighted by Crippen LogP contribution is -2.30. The second-order valence-electron chi connectivity index (χ2n) is 19.9. The van der Waals surface area contributed by atoms with Crippen LogP contribution in [0.15, 0.2) is 36.5 Å². The van der Waals surface area contributed by atoms with Gasteiger partial charge in [-0.3, -0.25) is 9.59 Å². The fraction of sp³-hybridized carbons (Fsp3) is 0.869. The molecule has 0 aromatic heterocycles. The molecule has 0 radical (unpaired) electrons. The minimum Gasteiger partial charge on any atom is -0.462 e. The molecule has 0 N–H and O–H groups in total. The van der Waals surface area contributed by atoms with Gasteiger partial charge < -0.3 is 14.2 Å². The van der Waals surface area contributed by atoms with E-state index < -0.39 is 6.10 Å². The van der Waals surface area contributed by atoms with Crippen molar-refractivity contribution in [2.75, 3.05) is 19.8 Å². The molecule has 0 heterocycles. The van der Waals surface area contributed by atoms with Crippen molar-refractivity contribution in [3.63, 3.8) is 0 Å². The van der Waals surface area contributed by atoms with Gasteiger partial charge >= 0.3 is 11.9 Å². The third kappa shape index (κ3) is 54.7. The molecule has 1 atom stereocenters. The number of esters is 2. The van der Waals surface area contributed by atoms with Gasteiger partial charge in [-0.15, -0.1) is 0 Å². The van der Waals surface area contributed by atoms with Gasteiger partial charge in [-0.05, 0) is 77.0 Å². The lowest BCUT2D eigenvalue weighted by Gasteiger charge is -2.18. The van der Waals surface area contributed by atoms with Crippen molar-refractivity contribution in [2.24, 2.45) is 0 Å². The summed E-state index contributed by atoms with van der Waals surface area (Å²) in [7, 11) is 0. The normalized spacial score (nSPS) is 12.3. The molecule has 388 valence electrons. The molecule has 0 amide bonds. The topological polar surface area (TPSA) is 61.8 Å². The Morgan fingerprint density at radius 1 is 0.333 bits per heavy atom. The van der Waals surface area contributed by atoms with Crippen molar-refractivity contribution in [3.8, 4) is 0 Å². The molecule has 1 unspecified atom stereocenters. The summed E-state index contributed by atoms with van der Waals surface area (Å²) >= 11 is 0. The summed E-state index contributed by atoms with van der Waals surface area (Å²) in [6.07, 6.45) is 70.2. The zero-order chi connectivity index (χ0) is 47.7. The first kappa shape index (κ1) is 64.1. The SMILES string of the molecule is CCCCC/C=C\C/C=C\CCCCCCCCCCCC(=O)OCC(COCCCCCCCCCCCC/C=C\CCCCCCCC)OC(=O)CCCCCCCCCCCCC. The van der Waals surface area contributed by atoms with E-state index >= 15 is 0 Å². The van der Waals surface area contributed by atoms with E-state index in [0.717, 1.165) is 38.5 Å². The molecule has 0 aromatic rings. The highest BCUT2D eigenvalue weighted by Crippen LogP contribution is 2.16. The number of carbonyl (C=O) groups is 2. The minimum atomic E-state index is -0.534. The van der Waals surface area contributed by atoms with Crippen LogP contribution in [0.5, 0.6) is 0 Å². The second kappa shape index (κ2) is 57.4. The zero-order valence-electron chi connectivity index (χ0n) is 44.7. The molecule has 5 nitrogen and oxygen atoms in total. The smallest absolute Gasteiger partial charge is 0.306 e. The maximum atomic E-state index is 12.8. The van der Waals surface area contributed by atoms with E-state index in [0.29, 0.717) is 26.1 Å². The highest BCUT2D eigenvalue weighted by atomic mass is 16.6. The Balaban J connectivity index is 4.16. The Morgan fingerprint density at radius 3 is 1.05 bits per heavy atom. The van der Waals surface area contributed by atoms with E-state index in [4.69, 9.17) is 14.2 Å². The van der Waals surface area contributed by atoms with Crippen LogP contribution in [-0.4, -0.2) is 37.9 Å². The molecular formula is C61H114O5. The summed E-state index contributed by atoms with van der Waals surface area (Å²) in [6.45, 7) is 7.85. The van der Waals surface area contributed by atoms with Crippen LogP contribution in [0, 0.1) is 0 Å². The minimum absolute atomic E-state index is 0.0880. The summed E-state index contributed by atoms with van der Waals surface area (Å²) < 4.78 is 17.5. The van der Waals surface area contributed by atoms with E-state index in [1.54, 1.807) is 0 Å². The standard InChI is InChI=1S/C61H114O5/c1-4-7-10-13-16-19-22-24-26-28-30-32-34-36-38-41-44-47-50-53-56-64-57-59(66-61(63)55-52-49-46-43-39-21-18-15-12-9-6-3)58-65-60(62)54-51-48-45-42-40-37-35-33-31-29-27-25-23-20-17-14-11-8-5-2/h17,20,24-27,59H,4-16,18-19,21-23,28-58H2,1-3H3/b20-17-,26-24-,27-25-. The van der Waals surface area contributed by atoms with Crippen LogP contribution in [0.25, 0.3) is 0 Å². The number of unbranched alkanes of at least 4 members (excludes halogenated alkanes) is 38. The molecule has 0 aliphatic heterocycles. The zero-order valence-corrected chi connectivity index (χ0v) is 44.7. The first-order valence-corrected chi connectivity index (χ1v) is 29.5. The van der Waals surface area contributed by atoms with Gasteiger partial charge in [0.15, 0.2) is 6.10 Å². The van der Waals surface area contributed by atoms with Gasteiger partial charge in [0.1, 0.15) is 6.61 Å². The highest BCUT2D eigenvalue weighted by molar-refractivity contribution is 5.70. The summed E-state index contributed by atoms with van der Waals surface area (Å²) in [5.74, 6) is -0.385. The number of hydrogen-bond acceptors (Lipinski definition) is 5. The van der Waals surface area contributed by atoms with Crippen molar-refractivity contribution in [1.82, 2.24) is 0 Å². The number of rotatable bonds is 55. The Labute approximate surface area is 412 Å². The van der Waals surface area contributed by atoms with Crippen LogP contribution >= 0.6 is 0 Å². The fourth-order valence-corrected chi connectivity index (χ4v) is 8.71. The number of carbonyl (C=O) groups excluding carboxylic acids is 2. The van der Waals surface area contributed by atoms with E-state index in [9.17, 15) is 9.59 Å². The molecule has 5 heteroatoms. The molecule has 0 bridgehead atoms. The second-order valence-corrected chi connectivity index (χ2v) is 19.9. The molecule has 0 saturated carbocycles. The Bertz CT molecular complexity index is 1050. The van der Waals surface area contributed by atoms with Crippen LogP contribution in [0.3, 0.4) is 0 Å². The van der Waals surface area contributed by atoms with Gasteiger partial charge in [0.2, 0.25) is 0 Å². The molecule has 0 saturated heterocycles. The fourth-order valence-electron chi connectivity index (χ4n) is 8.71. The van der Waals surface area contributed by atoms with E-state index in [2.05, 4.69) is 57.2 Å². The molecule has 66 heavy (non-hydrogen) atoms. The van der Waals surface area contributed by atoms with Gasteiger partial charge in [-0.25, -0.2) is 0 Å². The lowest BCUT2D eigenvalue weighted by atomic mass is 10.1. The lowest BCUT2D eigenvalue weighted by molar-refractivity contribution is -0.163. The molecule has 0 fully saturated rings. The molecule has 0 aliphatic carbocycles. The quantitative estimate of drug-likeness (QED) is 0.0345. The third-order valence-electron chi connectivity index (χ3n) is 13.1. The third-order valence-corrected chi connectivity index (χ3v) is 13.1. The number of allylic oxidation sites excluding steroid dienone is 6. The molecule has 0 aromatic carbocycles. The van der Waals surface area contributed by atoms with Crippen LogP contribution in [0.4, 0.5) is 0 Å². The predicted molar refractivity (Wildman–Crippen MR) is 288 cm³/mol. The molecule has 0 spiro atoms. The van der Waals surface area contributed by atoms with Crippen LogP contribution in [-0.2, 0) is 23.8 Å². The average Bonchev–Trinajstić information content (AvgIpc) is 3.32. The van der Waals surface area contributed by atoms with Gasteiger partial charge in [0, 0.05) is 19.4 Å². The average molecular weight is 928 g/mol. The van der Waals surface area contributed by atoms with Gasteiger partial charge in [-0.2, -0.15) is 0 Å². The van der Waals surface area contributed by atoms with Crippen LogP contribution < -0.4 is 0 Å². The molecule has 0 aliphatic rings. The Morgan fingerprint density at radius 2 is 0.636 bits per heavy atom. The summed E-state index contributed by atoms with van der Waals surface area (Å²) in [4.78, 5) is 25.5. The van der Waals surface area contributed by atoms with Gasteiger partial charge in [0.25, 0.3) is 0 Å². The van der Waals surface area contributed by atoms with E-state index in [-0.39, 0.29) is 18.5 Å². The highest BCUT2D eigenvalue weighted by Gasteiger charge is 2.17. The van der Waals surface area contributed by atoms with Gasteiger partial charge in [0.05, 0.1) is 6.61 Å². The molecule has 0 rings (SSSR count). The van der Waals surface area contributed by atoms with Crippen molar-refractivity contribution in [1.29, 1.82) is 0 Å². The van der Waals surface area contributed by atoms with E-state index in [1.165, 1.54) is 244 Å². The molecular weight excluding hydrogens is 813 g/mol. The number of ether oxygens (including phenoxy) is 3. The first-order chi connectivity index (χ1) is 32.6. The monoisotopic (exact) mass is 927 g/mol.